The number of hydrogen-bond donors (Lipinski definition) is 2. The molecular formula is C11H14N6O. The number of anilines is 1. The fourth-order valence-corrected chi connectivity index (χ4v) is 1.46. The van der Waals surface area contributed by atoms with Crippen LogP contribution in [0.15, 0.2) is 30.7 Å². The van der Waals surface area contributed by atoms with E-state index < -0.39 is 0 Å². The Labute approximate surface area is 104 Å². The number of carbonyl (C=O) groups excluding carboxylic acids is 1. The van der Waals surface area contributed by atoms with Crippen molar-refractivity contribution in [1.82, 2.24) is 25.3 Å². The highest BCUT2D eigenvalue weighted by Gasteiger charge is 2.04. The third-order valence-corrected chi connectivity index (χ3v) is 2.30. The SMILES string of the molecule is Nc1cnn(CC(=O)NCCc2cccnc2)n1. The van der Waals surface area contributed by atoms with Crippen molar-refractivity contribution in [2.45, 2.75) is 13.0 Å². The minimum atomic E-state index is -0.144. The van der Waals surface area contributed by atoms with Gasteiger partial charge < -0.3 is 11.1 Å². The summed E-state index contributed by atoms with van der Waals surface area (Å²) in [6.45, 7) is 0.630. The zero-order valence-electron chi connectivity index (χ0n) is 9.78. The molecule has 0 saturated heterocycles. The van der Waals surface area contributed by atoms with Gasteiger partial charge in [0.15, 0.2) is 5.82 Å². The number of carbonyl (C=O) groups is 1. The van der Waals surface area contributed by atoms with Gasteiger partial charge in [0.1, 0.15) is 6.54 Å². The summed E-state index contributed by atoms with van der Waals surface area (Å²) in [5.41, 5.74) is 6.48. The Morgan fingerprint density at radius 2 is 2.33 bits per heavy atom. The van der Waals surface area contributed by atoms with Gasteiger partial charge in [-0.3, -0.25) is 9.78 Å². The van der Waals surface area contributed by atoms with Crippen LogP contribution in [0, 0.1) is 0 Å². The third-order valence-electron chi connectivity index (χ3n) is 2.30. The molecule has 0 spiro atoms. The van der Waals surface area contributed by atoms with Gasteiger partial charge in [-0.2, -0.15) is 9.90 Å². The lowest BCUT2D eigenvalue weighted by atomic mass is 10.2. The molecule has 0 bridgehead atoms. The zero-order valence-corrected chi connectivity index (χ0v) is 9.78. The molecule has 2 aromatic rings. The van der Waals surface area contributed by atoms with Gasteiger partial charge in [-0.25, -0.2) is 0 Å². The minimum Gasteiger partial charge on any atom is -0.381 e. The Hall–Kier alpha value is -2.44. The predicted molar refractivity (Wildman–Crippen MR) is 65.4 cm³/mol. The van der Waals surface area contributed by atoms with Crippen LogP contribution in [-0.2, 0) is 17.8 Å². The van der Waals surface area contributed by atoms with Crippen LogP contribution in [0.1, 0.15) is 5.56 Å². The third kappa shape index (κ3) is 3.55. The number of amides is 1. The second-order valence-corrected chi connectivity index (χ2v) is 3.76. The lowest BCUT2D eigenvalue weighted by Gasteiger charge is -2.04. The van der Waals surface area contributed by atoms with E-state index in [0.717, 1.165) is 12.0 Å². The summed E-state index contributed by atoms with van der Waals surface area (Å²) in [4.78, 5) is 16.8. The first kappa shape index (κ1) is 12.0. The van der Waals surface area contributed by atoms with E-state index in [0.29, 0.717) is 12.4 Å². The Morgan fingerprint density at radius 3 is 3.00 bits per heavy atom. The monoisotopic (exact) mass is 246 g/mol. The topological polar surface area (TPSA) is 98.7 Å². The normalized spacial score (nSPS) is 10.2. The molecule has 0 aliphatic rings. The van der Waals surface area contributed by atoms with Crippen LogP contribution in [0.3, 0.4) is 0 Å². The van der Waals surface area contributed by atoms with E-state index in [9.17, 15) is 4.79 Å². The number of nitrogen functional groups attached to an aromatic ring is 1. The van der Waals surface area contributed by atoms with Crippen molar-refractivity contribution >= 4 is 11.7 Å². The molecule has 0 radical (unpaired) electrons. The highest BCUT2D eigenvalue weighted by atomic mass is 16.2. The summed E-state index contributed by atoms with van der Waals surface area (Å²) < 4.78 is 0. The van der Waals surface area contributed by atoms with Gasteiger partial charge in [0.25, 0.3) is 0 Å². The number of pyridine rings is 1. The Kier molecular flexibility index (Phi) is 3.85. The Balaban J connectivity index is 1.72. The molecule has 0 fully saturated rings. The molecule has 0 aromatic carbocycles. The molecule has 2 rings (SSSR count). The standard InChI is InChI=1S/C11H14N6O/c12-10-7-15-17(16-10)8-11(18)14-5-3-9-2-1-4-13-6-9/h1-2,4,6-7H,3,5,8H2,(H2,12,16)(H,14,18). The number of rotatable bonds is 5. The molecule has 2 heterocycles. The molecule has 0 atom stereocenters. The zero-order chi connectivity index (χ0) is 12.8. The van der Waals surface area contributed by atoms with Crippen molar-refractivity contribution in [2.75, 3.05) is 12.3 Å². The van der Waals surface area contributed by atoms with Gasteiger partial charge in [-0.1, -0.05) is 6.07 Å². The van der Waals surface area contributed by atoms with Crippen LogP contribution >= 0.6 is 0 Å². The smallest absolute Gasteiger partial charge is 0.243 e. The van der Waals surface area contributed by atoms with E-state index in [4.69, 9.17) is 5.73 Å². The van der Waals surface area contributed by atoms with Crippen LogP contribution in [0.25, 0.3) is 0 Å². The predicted octanol–water partition coefficient (Wildman–Crippen LogP) is -0.386. The van der Waals surface area contributed by atoms with E-state index in [1.807, 2.05) is 12.1 Å². The van der Waals surface area contributed by atoms with E-state index in [-0.39, 0.29) is 12.5 Å². The molecule has 7 nitrogen and oxygen atoms in total. The van der Waals surface area contributed by atoms with Crippen molar-refractivity contribution in [3.8, 4) is 0 Å². The maximum Gasteiger partial charge on any atom is 0.243 e. The van der Waals surface area contributed by atoms with Crippen molar-refractivity contribution in [1.29, 1.82) is 0 Å². The summed E-state index contributed by atoms with van der Waals surface area (Å²) in [5.74, 6) is 0.160. The minimum absolute atomic E-state index is 0.0737. The van der Waals surface area contributed by atoms with Crippen LogP contribution in [0.5, 0.6) is 0 Å². The maximum absolute atomic E-state index is 11.5. The Bertz CT molecular complexity index is 509. The first-order chi connectivity index (χ1) is 8.74. The van der Waals surface area contributed by atoms with Crippen LogP contribution in [-0.4, -0.2) is 32.4 Å². The van der Waals surface area contributed by atoms with E-state index in [1.54, 1.807) is 12.4 Å². The molecule has 0 saturated carbocycles. The summed E-state index contributed by atoms with van der Waals surface area (Å²) >= 11 is 0. The maximum atomic E-state index is 11.5. The highest BCUT2D eigenvalue weighted by Crippen LogP contribution is 1.95. The second kappa shape index (κ2) is 5.76. The fraction of sp³-hybridized carbons (Fsp3) is 0.273. The van der Waals surface area contributed by atoms with Gasteiger partial charge in [0.2, 0.25) is 5.91 Å². The highest BCUT2D eigenvalue weighted by molar-refractivity contribution is 5.75. The van der Waals surface area contributed by atoms with E-state index >= 15 is 0 Å². The average molecular weight is 246 g/mol. The lowest BCUT2D eigenvalue weighted by molar-refractivity contribution is -0.122. The first-order valence-corrected chi connectivity index (χ1v) is 5.55. The van der Waals surface area contributed by atoms with Crippen molar-refractivity contribution in [3.05, 3.63) is 36.3 Å². The Morgan fingerprint density at radius 1 is 1.44 bits per heavy atom. The number of nitrogens with one attached hydrogen (secondary N) is 1. The molecule has 0 unspecified atom stereocenters. The largest absolute Gasteiger partial charge is 0.381 e. The van der Waals surface area contributed by atoms with Crippen LogP contribution in [0.2, 0.25) is 0 Å². The van der Waals surface area contributed by atoms with Gasteiger partial charge in [0, 0.05) is 18.9 Å². The summed E-state index contributed by atoms with van der Waals surface area (Å²) in [6.07, 6.45) is 5.65. The van der Waals surface area contributed by atoms with Crippen LogP contribution in [0.4, 0.5) is 5.82 Å². The number of aromatic nitrogens is 4. The molecule has 3 N–H and O–H groups in total. The summed E-state index contributed by atoms with van der Waals surface area (Å²) in [5, 5.41) is 10.4. The van der Waals surface area contributed by atoms with Crippen LogP contribution < -0.4 is 11.1 Å². The first-order valence-electron chi connectivity index (χ1n) is 5.55. The molecule has 94 valence electrons. The molecule has 7 heteroatoms. The van der Waals surface area contributed by atoms with E-state index in [1.165, 1.54) is 11.0 Å². The van der Waals surface area contributed by atoms with Gasteiger partial charge in [-0.05, 0) is 18.1 Å². The molecule has 0 aliphatic carbocycles. The van der Waals surface area contributed by atoms with Crippen molar-refractivity contribution in [2.24, 2.45) is 0 Å². The fourth-order valence-electron chi connectivity index (χ4n) is 1.46. The number of nitrogens with zero attached hydrogens (tertiary/aromatic N) is 4. The molecule has 1 amide bonds. The summed E-state index contributed by atoms with van der Waals surface area (Å²) in [6, 6.07) is 3.84. The van der Waals surface area contributed by atoms with E-state index in [2.05, 4.69) is 20.5 Å². The summed E-state index contributed by atoms with van der Waals surface area (Å²) in [7, 11) is 0. The second-order valence-electron chi connectivity index (χ2n) is 3.76. The number of hydrogen-bond acceptors (Lipinski definition) is 5. The van der Waals surface area contributed by atoms with Crippen molar-refractivity contribution in [3.63, 3.8) is 0 Å². The van der Waals surface area contributed by atoms with Gasteiger partial charge >= 0.3 is 0 Å². The molecule has 2 aromatic heterocycles. The van der Waals surface area contributed by atoms with Crippen molar-refractivity contribution < 1.29 is 4.79 Å². The molecule has 18 heavy (non-hydrogen) atoms. The lowest BCUT2D eigenvalue weighted by Crippen LogP contribution is -2.30. The molecular weight excluding hydrogens is 232 g/mol. The molecule has 0 aliphatic heterocycles. The quantitative estimate of drug-likeness (QED) is 0.749. The van der Waals surface area contributed by atoms with Gasteiger partial charge in [0.05, 0.1) is 6.20 Å². The number of nitrogens with two attached hydrogens (primary N) is 1. The van der Waals surface area contributed by atoms with Gasteiger partial charge in [-0.15, -0.1) is 5.10 Å². The average Bonchev–Trinajstić information content (AvgIpc) is 2.76.